The molecule has 2 N–H and O–H groups in total. The van der Waals surface area contributed by atoms with Crippen LogP contribution in [0.3, 0.4) is 0 Å². The topological polar surface area (TPSA) is 122 Å². The SMILES string of the molecule is CCOP(=O)(CS(=O)CCn1cnc2c(N)ncnc21)OCC. The maximum Gasteiger partial charge on any atom is 0.343 e. The summed E-state index contributed by atoms with van der Waals surface area (Å²) in [5.74, 6) is 0.575. The monoisotopic (exact) mass is 361 g/mol. The van der Waals surface area contributed by atoms with E-state index in [0.29, 0.717) is 23.5 Å². The third-order valence-corrected chi connectivity index (χ3v) is 7.30. The second-order valence-corrected chi connectivity index (χ2v) is 8.65. The normalized spacial score (nSPS) is 13.5. The maximum atomic E-state index is 12.3. The number of nitrogen functional groups attached to an aromatic ring is 1. The van der Waals surface area contributed by atoms with Crippen LogP contribution in [0.4, 0.5) is 5.82 Å². The van der Waals surface area contributed by atoms with E-state index < -0.39 is 18.4 Å². The second kappa shape index (κ2) is 7.96. The summed E-state index contributed by atoms with van der Waals surface area (Å²) in [7, 11) is -4.67. The van der Waals surface area contributed by atoms with Gasteiger partial charge in [0, 0.05) is 23.1 Å². The van der Waals surface area contributed by atoms with Gasteiger partial charge >= 0.3 is 7.60 Å². The van der Waals surface area contributed by atoms with Crippen LogP contribution in [0.2, 0.25) is 0 Å². The second-order valence-electron chi connectivity index (χ2n) is 4.59. The summed E-state index contributed by atoms with van der Waals surface area (Å²) in [4.78, 5) is 12.1. The number of rotatable bonds is 9. The van der Waals surface area contributed by atoms with Gasteiger partial charge in [0.25, 0.3) is 0 Å². The van der Waals surface area contributed by atoms with Gasteiger partial charge < -0.3 is 19.3 Å². The number of aromatic nitrogens is 4. The minimum atomic E-state index is -3.31. The van der Waals surface area contributed by atoms with Crippen molar-refractivity contribution in [1.82, 2.24) is 19.5 Å². The number of nitrogens with zero attached hydrogens (tertiary/aromatic N) is 4. The van der Waals surface area contributed by atoms with Gasteiger partial charge in [0.15, 0.2) is 11.5 Å². The molecule has 0 bridgehead atoms. The first-order valence-corrected chi connectivity index (χ1v) is 10.3. The van der Waals surface area contributed by atoms with Gasteiger partial charge in [0.1, 0.15) is 17.3 Å². The van der Waals surface area contributed by atoms with Crippen LogP contribution in [-0.4, -0.2) is 48.2 Å². The minimum absolute atomic E-state index is 0.127. The van der Waals surface area contributed by atoms with Crippen LogP contribution in [0.1, 0.15) is 13.8 Å². The fourth-order valence-corrected chi connectivity index (χ4v) is 5.79. The van der Waals surface area contributed by atoms with Crippen molar-refractivity contribution in [3.05, 3.63) is 12.7 Å². The Morgan fingerprint density at radius 3 is 2.61 bits per heavy atom. The van der Waals surface area contributed by atoms with Crippen LogP contribution in [0, 0.1) is 0 Å². The summed E-state index contributed by atoms with van der Waals surface area (Å²) in [5, 5.41) is 0. The molecule has 2 aromatic heterocycles. The smallest absolute Gasteiger partial charge is 0.343 e. The Morgan fingerprint density at radius 1 is 1.26 bits per heavy atom. The van der Waals surface area contributed by atoms with Gasteiger partial charge in [-0.05, 0) is 13.8 Å². The Labute approximate surface area is 136 Å². The number of hydrogen-bond acceptors (Lipinski definition) is 8. The van der Waals surface area contributed by atoms with Crippen LogP contribution >= 0.6 is 7.60 Å². The molecule has 1 unspecified atom stereocenters. The molecule has 0 aliphatic carbocycles. The average Bonchev–Trinajstić information content (AvgIpc) is 2.90. The number of aryl methyl sites for hydroxylation is 1. The maximum absolute atomic E-state index is 12.3. The molecule has 0 aromatic carbocycles. The first kappa shape index (κ1) is 18.0. The molecule has 0 radical (unpaired) electrons. The van der Waals surface area contributed by atoms with Crippen molar-refractivity contribution in [2.75, 3.05) is 30.2 Å². The summed E-state index contributed by atoms with van der Waals surface area (Å²) in [6, 6.07) is 0. The van der Waals surface area contributed by atoms with E-state index in [9.17, 15) is 8.77 Å². The highest BCUT2D eigenvalue weighted by molar-refractivity contribution is 7.92. The number of fused-ring (bicyclic) bond motifs is 1. The zero-order valence-electron chi connectivity index (χ0n) is 13.0. The van der Waals surface area contributed by atoms with Crippen molar-refractivity contribution in [2.24, 2.45) is 0 Å². The lowest BCUT2D eigenvalue weighted by molar-refractivity contribution is 0.224. The van der Waals surface area contributed by atoms with E-state index in [-0.39, 0.29) is 24.5 Å². The summed E-state index contributed by atoms with van der Waals surface area (Å²) in [6.07, 6.45) is 2.92. The average molecular weight is 361 g/mol. The van der Waals surface area contributed by atoms with Crippen molar-refractivity contribution in [2.45, 2.75) is 20.4 Å². The van der Waals surface area contributed by atoms with E-state index in [0.717, 1.165) is 0 Å². The lowest BCUT2D eigenvalue weighted by Crippen LogP contribution is -2.12. The lowest BCUT2D eigenvalue weighted by Gasteiger charge is -2.16. The molecule has 2 heterocycles. The number of hydrogen-bond donors (Lipinski definition) is 1. The Kier molecular flexibility index (Phi) is 6.23. The quantitative estimate of drug-likeness (QED) is 0.665. The molecule has 0 saturated heterocycles. The molecular formula is C12H20N5O4PS. The fourth-order valence-electron chi connectivity index (χ4n) is 2.01. The molecule has 23 heavy (non-hydrogen) atoms. The third kappa shape index (κ3) is 4.57. The van der Waals surface area contributed by atoms with Gasteiger partial charge in [-0.25, -0.2) is 15.0 Å². The Bertz CT molecular complexity index is 727. The highest BCUT2D eigenvalue weighted by Gasteiger charge is 2.26. The van der Waals surface area contributed by atoms with Gasteiger partial charge in [-0.1, -0.05) is 0 Å². The zero-order valence-corrected chi connectivity index (χ0v) is 14.8. The van der Waals surface area contributed by atoms with Crippen molar-refractivity contribution in [3.8, 4) is 0 Å². The molecule has 2 aromatic rings. The molecule has 2 rings (SSSR count). The van der Waals surface area contributed by atoms with Crippen molar-refractivity contribution in [1.29, 1.82) is 0 Å². The standard InChI is InChI=1S/C12H20N5O4PS/c1-3-20-22(18,21-4-2)9-23(19)6-5-17-8-16-10-11(13)14-7-15-12(10)17/h7-8H,3-6,9H2,1-2H3,(H2,13,14,15). The molecule has 1 atom stereocenters. The van der Waals surface area contributed by atoms with Gasteiger partial charge in [0.05, 0.1) is 19.5 Å². The van der Waals surface area contributed by atoms with E-state index in [2.05, 4.69) is 15.0 Å². The number of anilines is 1. The number of imidazole rings is 1. The predicted molar refractivity (Wildman–Crippen MR) is 88.5 cm³/mol. The summed E-state index contributed by atoms with van der Waals surface area (Å²) >= 11 is 0. The Morgan fingerprint density at radius 2 is 1.96 bits per heavy atom. The molecule has 128 valence electrons. The molecule has 0 aliphatic rings. The molecule has 9 nitrogen and oxygen atoms in total. The fraction of sp³-hybridized carbons (Fsp3) is 0.583. The molecule has 0 fully saturated rings. The van der Waals surface area contributed by atoms with Crippen LogP contribution in [-0.2, 0) is 31.0 Å². The first-order chi connectivity index (χ1) is 11.0. The van der Waals surface area contributed by atoms with E-state index >= 15 is 0 Å². The lowest BCUT2D eigenvalue weighted by atomic mass is 10.5. The van der Waals surface area contributed by atoms with Gasteiger partial charge in [-0.15, -0.1) is 0 Å². The molecule has 0 saturated carbocycles. The Balaban J connectivity index is 2.00. The van der Waals surface area contributed by atoms with Gasteiger partial charge in [-0.3, -0.25) is 8.77 Å². The summed E-state index contributed by atoms with van der Waals surface area (Å²) < 4.78 is 36.6. The molecular weight excluding hydrogens is 341 g/mol. The van der Waals surface area contributed by atoms with E-state index in [4.69, 9.17) is 14.8 Å². The van der Waals surface area contributed by atoms with Crippen molar-refractivity contribution < 1.29 is 17.8 Å². The summed E-state index contributed by atoms with van der Waals surface area (Å²) in [5.41, 5.74) is 6.68. The summed E-state index contributed by atoms with van der Waals surface area (Å²) in [6.45, 7) is 4.33. The van der Waals surface area contributed by atoms with Gasteiger partial charge in [-0.2, -0.15) is 0 Å². The third-order valence-electron chi connectivity index (χ3n) is 2.94. The highest BCUT2D eigenvalue weighted by atomic mass is 32.2. The Hall–Kier alpha value is -1.35. The largest absolute Gasteiger partial charge is 0.382 e. The van der Waals surface area contributed by atoms with E-state index in [1.54, 1.807) is 24.7 Å². The van der Waals surface area contributed by atoms with Crippen LogP contribution < -0.4 is 5.73 Å². The molecule has 0 amide bonds. The molecule has 0 spiro atoms. The molecule has 11 heteroatoms. The zero-order chi connectivity index (χ0) is 16.9. The molecule has 0 aliphatic heterocycles. The van der Waals surface area contributed by atoms with Crippen molar-refractivity contribution >= 4 is 35.4 Å². The predicted octanol–water partition coefficient (Wildman–Crippen LogP) is 1.38. The van der Waals surface area contributed by atoms with E-state index in [1.165, 1.54) is 6.33 Å². The van der Waals surface area contributed by atoms with E-state index in [1.807, 2.05) is 0 Å². The van der Waals surface area contributed by atoms with Crippen LogP contribution in [0.15, 0.2) is 12.7 Å². The van der Waals surface area contributed by atoms with Crippen molar-refractivity contribution in [3.63, 3.8) is 0 Å². The van der Waals surface area contributed by atoms with Crippen LogP contribution in [0.25, 0.3) is 11.2 Å². The minimum Gasteiger partial charge on any atom is -0.382 e. The highest BCUT2D eigenvalue weighted by Crippen LogP contribution is 2.48. The number of nitrogens with two attached hydrogens (primary N) is 1. The van der Waals surface area contributed by atoms with Gasteiger partial charge in [0.2, 0.25) is 0 Å². The first-order valence-electron chi connectivity index (χ1n) is 7.13. The van der Waals surface area contributed by atoms with Crippen LogP contribution in [0.5, 0.6) is 0 Å².